The van der Waals surface area contributed by atoms with Crippen molar-refractivity contribution in [2.24, 2.45) is 0 Å². The monoisotopic (exact) mass is 296 g/mol. The van der Waals surface area contributed by atoms with E-state index >= 15 is 0 Å². The second-order valence-electron chi connectivity index (χ2n) is 4.85. The minimum Gasteiger partial charge on any atom is -0.384 e. The van der Waals surface area contributed by atoms with Crippen LogP contribution in [0.4, 0.5) is 11.5 Å². The lowest BCUT2D eigenvalue weighted by atomic mass is 10.1. The van der Waals surface area contributed by atoms with E-state index < -0.39 is 4.92 Å². The standard InChI is InChI=1S/C12H16N4O3S/c1-7-5-15(6-8(2)20-7)12(17)9-3-11(13)14-4-10(9)16(18)19/h3-4,7-8H,5-6H2,1-2H3,(H2,13,14). The molecule has 1 aromatic heterocycles. The summed E-state index contributed by atoms with van der Waals surface area (Å²) in [6.45, 7) is 5.23. The maximum Gasteiger partial charge on any atom is 0.300 e. The lowest BCUT2D eigenvalue weighted by Gasteiger charge is -2.34. The lowest BCUT2D eigenvalue weighted by molar-refractivity contribution is -0.385. The van der Waals surface area contributed by atoms with Gasteiger partial charge < -0.3 is 10.6 Å². The first-order valence-electron chi connectivity index (χ1n) is 6.23. The number of anilines is 1. The van der Waals surface area contributed by atoms with E-state index in [0.29, 0.717) is 23.6 Å². The first-order valence-corrected chi connectivity index (χ1v) is 7.17. The summed E-state index contributed by atoms with van der Waals surface area (Å²) in [4.78, 5) is 28.2. The van der Waals surface area contributed by atoms with Gasteiger partial charge in [-0.25, -0.2) is 4.98 Å². The Morgan fingerprint density at radius 2 is 2.10 bits per heavy atom. The molecule has 1 aromatic rings. The third-order valence-corrected chi connectivity index (χ3v) is 4.27. The van der Waals surface area contributed by atoms with Gasteiger partial charge in [0.2, 0.25) is 0 Å². The number of hydrogen-bond acceptors (Lipinski definition) is 6. The molecule has 0 radical (unpaired) electrons. The Labute approximate surface area is 120 Å². The van der Waals surface area contributed by atoms with Crippen molar-refractivity contribution in [3.05, 3.63) is 27.9 Å². The number of thioether (sulfide) groups is 1. The maximum absolute atomic E-state index is 12.5. The Morgan fingerprint density at radius 1 is 1.50 bits per heavy atom. The number of carbonyl (C=O) groups is 1. The van der Waals surface area contributed by atoms with E-state index in [1.807, 2.05) is 13.8 Å². The largest absolute Gasteiger partial charge is 0.384 e. The number of nitrogens with two attached hydrogens (primary N) is 1. The van der Waals surface area contributed by atoms with E-state index in [9.17, 15) is 14.9 Å². The fourth-order valence-electron chi connectivity index (χ4n) is 2.30. The van der Waals surface area contributed by atoms with Gasteiger partial charge in [0.15, 0.2) is 0 Å². The first-order chi connectivity index (χ1) is 9.38. The molecule has 2 N–H and O–H groups in total. The average Bonchev–Trinajstić information content (AvgIpc) is 2.36. The van der Waals surface area contributed by atoms with Gasteiger partial charge in [-0.2, -0.15) is 11.8 Å². The lowest BCUT2D eigenvalue weighted by Crippen LogP contribution is -2.44. The molecule has 1 aliphatic rings. The summed E-state index contributed by atoms with van der Waals surface area (Å²) in [5, 5.41) is 11.6. The van der Waals surface area contributed by atoms with Crippen LogP contribution in [0.15, 0.2) is 12.3 Å². The maximum atomic E-state index is 12.5. The van der Waals surface area contributed by atoms with Crippen molar-refractivity contribution in [1.82, 2.24) is 9.88 Å². The molecular weight excluding hydrogens is 280 g/mol. The molecule has 2 heterocycles. The van der Waals surface area contributed by atoms with Gasteiger partial charge in [0.25, 0.3) is 11.6 Å². The van der Waals surface area contributed by atoms with Crippen LogP contribution >= 0.6 is 11.8 Å². The van der Waals surface area contributed by atoms with Crippen LogP contribution in [0.1, 0.15) is 24.2 Å². The van der Waals surface area contributed by atoms with Crippen LogP contribution in [0.2, 0.25) is 0 Å². The zero-order chi connectivity index (χ0) is 14.9. The molecule has 2 rings (SSSR count). The first kappa shape index (κ1) is 14.6. The number of nitrogens with zero attached hydrogens (tertiary/aromatic N) is 3. The summed E-state index contributed by atoms with van der Waals surface area (Å²) in [6, 6.07) is 1.28. The fraction of sp³-hybridized carbons (Fsp3) is 0.500. The highest BCUT2D eigenvalue weighted by Crippen LogP contribution is 2.28. The van der Waals surface area contributed by atoms with Gasteiger partial charge in [-0.05, 0) is 6.07 Å². The number of aromatic nitrogens is 1. The third kappa shape index (κ3) is 3.01. The molecule has 8 heteroatoms. The van der Waals surface area contributed by atoms with Gasteiger partial charge >= 0.3 is 0 Å². The van der Waals surface area contributed by atoms with Crippen LogP contribution in [0.5, 0.6) is 0 Å². The molecule has 7 nitrogen and oxygen atoms in total. The summed E-state index contributed by atoms with van der Waals surface area (Å²) < 4.78 is 0. The Morgan fingerprint density at radius 3 is 2.65 bits per heavy atom. The predicted octanol–water partition coefficient (Wildman–Crippen LogP) is 1.54. The fourth-order valence-corrected chi connectivity index (χ4v) is 3.62. The molecule has 2 unspecified atom stereocenters. The van der Waals surface area contributed by atoms with Crippen molar-refractivity contribution in [2.75, 3.05) is 18.8 Å². The number of pyridine rings is 1. The quantitative estimate of drug-likeness (QED) is 0.656. The topological polar surface area (TPSA) is 102 Å². The average molecular weight is 296 g/mol. The number of hydrogen-bond donors (Lipinski definition) is 1. The summed E-state index contributed by atoms with van der Waals surface area (Å²) in [5.74, 6) is -0.253. The van der Waals surface area contributed by atoms with Gasteiger partial charge in [-0.15, -0.1) is 0 Å². The van der Waals surface area contributed by atoms with E-state index in [1.165, 1.54) is 6.07 Å². The van der Waals surface area contributed by atoms with Crippen molar-refractivity contribution in [1.29, 1.82) is 0 Å². The van der Waals surface area contributed by atoms with Gasteiger partial charge in [-0.3, -0.25) is 14.9 Å². The zero-order valence-electron chi connectivity index (χ0n) is 11.3. The van der Waals surface area contributed by atoms with Crippen molar-refractivity contribution in [3.63, 3.8) is 0 Å². The molecule has 0 spiro atoms. The molecule has 108 valence electrons. The summed E-state index contributed by atoms with van der Waals surface area (Å²) >= 11 is 1.81. The highest BCUT2D eigenvalue weighted by atomic mass is 32.2. The smallest absolute Gasteiger partial charge is 0.300 e. The second kappa shape index (κ2) is 5.66. The number of nitro groups is 1. The highest BCUT2D eigenvalue weighted by Gasteiger charge is 2.30. The molecule has 0 aliphatic carbocycles. The van der Waals surface area contributed by atoms with Crippen molar-refractivity contribution in [2.45, 2.75) is 24.3 Å². The molecule has 1 fully saturated rings. The minimum atomic E-state index is -0.606. The summed E-state index contributed by atoms with van der Waals surface area (Å²) in [5.41, 5.74) is 5.25. The molecule has 0 bridgehead atoms. The second-order valence-corrected chi connectivity index (χ2v) is 6.73. The molecule has 0 aromatic carbocycles. The van der Waals surface area contributed by atoms with Gasteiger partial charge in [0.05, 0.1) is 4.92 Å². The molecule has 1 saturated heterocycles. The molecule has 0 saturated carbocycles. The van der Waals surface area contributed by atoms with E-state index in [1.54, 1.807) is 16.7 Å². The van der Waals surface area contributed by atoms with Crippen LogP contribution in [0.25, 0.3) is 0 Å². The summed E-state index contributed by atoms with van der Waals surface area (Å²) in [7, 11) is 0. The number of amides is 1. The Hall–Kier alpha value is -1.83. The van der Waals surface area contributed by atoms with E-state index in [-0.39, 0.29) is 23.0 Å². The molecule has 1 aliphatic heterocycles. The van der Waals surface area contributed by atoms with Crippen LogP contribution in [0, 0.1) is 10.1 Å². The molecule has 20 heavy (non-hydrogen) atoms. The van der Waals surface area contributed by atoms with Crippen molar-refractivity contribution >= 4 is 29.2 Å². The van der Waals surface area contributed by atoms with Crippen molar-refractivity contribution in [3.8, 4) is 0 Å². The Bertz CT molecular complexity index is 542. The van der Waals surface area contributed by atoms with Crippen molar-refractivity contribution < 1.29 is 9.72 Å². The third-order valence-electron chi connectivity index (χ3n) is 3.04. The normalized spacial score (nSPS) is 22.6. The van der Waals surface area contributed by atoms with Gasteiger partial charge in [-0.1, -0.05) is 13.8 Å². The zero-order valence-corrected chi connectivity index (χ0v) is 12.1. The van der Waals surface area contributed by atoms with Gasteiger partial charge in [0.1, 0.15) is 17.6 Å². The molecule has 1 amide bonds. The van der Waals surface area contributed by atoms with Crippen LogP contribution in [-0.4, -0.2) is 44.3 Å². The molecular formula is C12H16N4O3S. The number of nitrogen functional groups attached to an aromatic ring is 1. The Kier molecular flexibility index (Phi) is 4.12. The highest BCUT2D eigenvalue weighted by molar-refractivity contribution is 8.00. The summed E-state index contributed by atoms with van der Waals surface area (Å²) in [6.07, 6.45) is 1.04. The number of rotatable bonds is 2. The Balaban J connectivity index is 2.33. The molecule has 2 atom stereocenters. The SMILES string of the molecule is CC1CN(C(=O)c2cc(N)ncc2[N+](=O)[O-])CC(C)S1. The van der Waals surface area contributed by atoms with E-state index in [2.05, 4.69) is 4.98 Å². The number of carbonyl (C=O) groups excluding carboxylic acids is 1. The van der Waals surface area contributed by atoms with E-state index in [4.69, 9.17) is 5.73 Å². The van der Waals surface area contributed by atoms with Crippen LogP contribution < -0.4 is 5.73 Å². The van der Waals surface area contributed by atoms with Gasteiger partial charge in [0, 0.05) is 23.6 Å². The predicted molar refractivity (Wildman–Crippen MR) is 77.7 cm³/mol. The van der Waals surface area contributed by atoms with E-state index in [0.717, 1.165) is 6.20 Å². The van der Waals surface area contributed by atoms with Crippen LogP contribution in [-0.2, 0) is 0 Å². The minimum absolute atomic E-state index is 0.00815. The van der Waals surface area contributed by atoms with Crippen LogP contribution in [0.3, 0.4) is 0 Å².